The van der Waals surface area contributed by atoms with Gasteiger partial charge in [-0.05, 0) is 24.1 Å². The third-order valence-corrected chi connectivity index (χ3v) is 3.98. The molecule has 2 aromatic rings. The Balaban J connectivity index is 1.83. The minimum absolute atomic E-state index is 0.0349. The lowest BCUT2D eigenvalue weighted by atomic mass is 10.1. The molecule has 0 amide bonds. The maximum atomic E-state index is 9.92. The van der Waals surface area contributed by atoms with Gasteiger partial charge in [-0.25, -0.2) is 10.0 Å². The van der Waals surface area contributed by atoms with E-state index in [1.807, 2.05) is 30.3 Å². The zero-order valence-electron chi connectivity index (χ0n) is 14.5. The van der Waals surface area contributed by atoms with Gasteiger partial charge in [0, 0.05) is 12.6 Å². The summed E-state index contributed by atoms with van der Waals surface area (Å²) in [5, 5.41) is 36.1. The van der Waals surface area contributed by atoms with Gasteiger partial charge in [0.1, 0.15) is 11.5 Å². The molecule has 0 radical (unpaired) electrons. The summed E-state index contributed by atoms with van der Waals surface area (Å²) in [6.45, 7) is 2.59. The maximum absolute atomic E-state index is 9.92. The molecule has 4 N–H and O–H groups in total. The van der Waals surface area contributed by atoms with Crippen molar-refractivity contribution in [1.29, 1.82) is 5.41 Å². The van der Waals surface area contributed by atoms with E-state index in [0.717, 1.165) is 5.56 Å². The summed E-state index contributed by atoms with van der Waals surface area (Å²) in [5.41, 5.74) is 3.36. The number of hydrogen-bond acceptors (Lipinski definition) is 6. The van der Waals surface area contributed by atoms with Gasteiger partial charge >= 0.3 is 0 Å². The van der Waals surface area contributed by atoms with Crippen LogP contribution in [0.15, 0.2) is 52.6 Å². The monoisotopic (exact) mass is 351 g/mol. The Labute approximate surface area is 151 Å². The van der Waals surface area contributed by atoms with E-state index in [9.17, 15) is 5.11 Å². The summed E-state index contributed by atoms with van der Waals surface area (Å²) >= 11 is 0. The predicted octanol–water partition coefficient (Wildman–Crippen LogP) is 2.66. The van der Waals surface area contributed by atoms with Gasteiger partial charge < -0.3 is 15.5 Å². The van der Waals surface area contributed by atoms with Crippen LogP contribution in [0.1, 0.15) is 11.1 Å². The Morgan fingerprint density at radius 2 is 2.00 bits per heavy atom. The number of phenols is 1. The number of anilines is 1. The van der Waals surface area contributed by atoms with Crippen molar-refractivity contribution in [3.05, 3.63) is 53.6 Å². The zero-order valence-corrected chi connectivity index (χ0v) is 14.5. The SMILES string of the molecule is Cc1cc(N=C2C=NN(Cc3ccccc3)C2=N)c(NCCO)cc1O. The third-order valence-electron chi connectivity index (χ3n) is 3.98. The molecule has 1 aliphatic rings. The van der Waals surface area contributed by atoms with Crippen LogP contribution in [-0.4, -0.2) is 46.1 Å². The van der Waals surface area contributed by atoms with E-state index in [2.05, 4.69) is 15.4 Å². The Kier molecular flexibility index (Phi) is 5.28. The Bertz CT molecular complexity index is 862. The molecule has 0 spiro atoms. The summed E-state index contributed by atoms with van der Waals surface area (Å²) in [4.78, 5) is 4.53. The van der Waals surface area contributed by atoms with Gasteiger partial charge in [-0.3, -0.25) is 5.41 Å². The number of nitrogens with zero attached hydrogens (tertiary/aromatic N) is 3. The minimum Gasteiger partial charge on any atom is -0.508 e. The lowest BCUT2D eigenvalue weighted by Crippen LogP contribution is -2.25. The zero-order chi connectivity index (χ0) is 18.5. The first-order valence-electron chi connectivity index (χ1n) is 8.30. The standard InChI is InChI=1S/C19H21N5O2/c1-13-9-16(15(10-18(13)26)21-7-8-25)23-17-11-22-24(19(17)20)12-14-5-3-2-4-6-14/h2-6,9-11,20-21,25-26H,7-8,12H2,1H3. The van der Waals surface area contributed by atoms with E-state index >= 15 is 0 Å². The second-order valence-electron chi connectivity index (χ2n) is 5.94. The van der Waals surface area contributed by atoms with E-state index < -0.39 is 0 Å². The highest BCUT2D eigenvalue weighted by atomic mass is 16.3. The van der Waals surface area contributed by atoms with Gasteiger partial charge in [0.25, 0.3) is 0 Å². The van der Waals surface area contributed by atoms with Crippen molar-refractivity contribution in [2.24, 2.45) is 10.1 Å². The first-order chi connectivity index (χ1) is 12.6. The van der Waals surface area contributed by atoms with Crippen molar-refractivity contribution in [2.75, 3.05) is 18.5 Å². The fraction of sp³-hybridized carbons (Fsp3) is 0.211. The molecule has 7 nitrogen and oxygen atoms in total. The normalized spacial score (nSPS) is 15.1. The Morgan fingerprint density at radius 1 is 1.23 bits per heavy atom. The van der Waals surface area contributed by atoms with Crippen LogP contribution in [0.4, 0.5) is 11.4 Å². The van der Waals surface area contributed by atoms with Gasteiger partial charge in [-0.15, -0.1) is 0 Å². The fourth-order valence-corrected chi connectivity index (χ4v) is 2.57. The molecule has 2 aromatic carbocycles. The number of aliphatic imine (C=N–C) groups is 1. The molecule has 0 saturated heterocycles. The third kappa shape index (κ3) is 3.89. The van der Waals surface area contributed by atoms with Crippen molar-refractivity contribution >= 4 is 29.1 Å². The summed E-state index contributed by atoms with van der Waals surface area (Å²) in [5.74, 6) is 0.364. The number of rotatable bonds is 6. The lowest BCUT2D eigenvalue weighted by Gasteiger charge is -2.14. The molecule has 134 valence electrons. The Hall–Kier alpha value is -3.19. The molecule has 0 unspecified atom stereocenters. The average Bonchev–Trinajstić information content (AvgIpc) is 2.97. The van der Waals surface area contributed by atoms with Crippen LogP contribution in [0.2, 0.25) is 0 Å². The minimum atomic E-state index is -0.0349. The number of aliphatic hydroxyl groups excluding tert-OH is 1. The molecule has 0 atom stereocenters. The second kappa shape index (κ2) is 7.79. The van der Waals surface area contributed by atoms with Crippen LogP contribution >= 0.6 is 0 Å². The number of amidine groups is 1. The maximum Gasteiger partial charge on any atom is 0.169 e. The summed E-state index contributed by atoms with van der Waals surface area (Å²) in [6, 6.07) is 13.1. The first kappa shape index (κ1) is 17.6. The van der Waals surface area contributed by atoms with E-state index in [1.165, 1.54) is 0 Å². The van der Waals surface area contributed by atoms with Crippen molar-refractivity contribution in [3.8, 4) is 5.75 Å². The molecule has 0 bridgehead atoms. The molecule has 0 aliphatic carbocycles. The molecular weight excluding hydrogens is 330 g/mol. The lowest BCUT2D eigenvalue weighted by molar-refractivity contribution is 0.311. The molecule has 3 rings (SSSR count). The van der Waals surface area contributed by atoms with Gasteiger partial charge in [0.2, 0.25) is 0 Å². The van der Waals surface area contributed by atoms with Crippen molar-refractivity contribution < 1.29 is 10.2 Å². The highest BCUT2D eigenvalue weighted by Crippen LogP contribution is 2.32. The highest BCUT2D eigenvalue weighted by Gasteiger charge is 2.21. The van der Waals surface area contributed by atoms with Crippen LogP contribution in [0, 0.1) is 12.3 Å². The number of aromatic hydroxyl groups is 1. The fourth-order valence-electron chi connectivity index (χ4n) is 2.57. The van der Waals surface area contributed by atoms with Crippen molar-refractivity contribution in [2.45, 2.75) is 13.5 Å². The van der Waals surface area contributed by atoms with E-state index in [4.69, 9.17) is 10.5 Å². The Morgan fingerprint density at radius 3 is 2.73 bits per heavy atom. The number of nitrogens with one attached hydrogen (secondary N) is 2. The topological polar surface area (TPSA) is 104 Å². The van der Waals surface area contributed by atoms with Crippen LogP contribution in [0.5, 0.6) is 5.75 Å². The van der Waals surface area contributed by atoms with Crippen molar-refractivity contribution in [3.63, 3.8) is 0 Å². The first-order valence-corrected chi connectivity index (χ1v) is 8.30. The van der Waals surface area contributed by atoms with Crippen molar-refractivity contribution in [1.82, 2.24) is 5.01 Å². The number of hydrazone groups is 1. The van der Waals surface area contributed by atoms with Gasteiger partial charge in [-0.1, -0.05) is 30.3 Å². The van der Waals surface area contributed by atoms with Gasteiger partial charge in [0.05, 0.1) is 30.7 Å². The van der Waals surface area contributed by atoms with Crippen LogP contribution in [0.3, 0.4) is 0 Å². The second-order valence-corrected chi connectivity index (χ2v) is 5.94. The molecule has 0 fully saturated rings. The number of aryl methyl sites for hydroxylation is 1. The van der Waals surface area contributed by atoms with E-state index in [1.54, 1.807) is 30.3 Å². The number of benzene rings is 2. The molecular formula is C19H21N5O2. The molecule has 1 aliphatic heterocycles. The van der Waals surface area contributed by atoms with Gasteiger partial charge in [0.15, 0.2) is 5.84 Å². The number of phenolic OH excluding ortho intramolecular Hbond substituents is 1. The summed E-state index contributed by atoms with van der Waals surface area (Å²) < 4.78 is 0. The average molecular weight is 351 g/mol. The smallest absolute Gasteiger partial charge is 0.169 e. The van der Waals surface area contributed by atoms with E-state index in [0.29, 0.717) is 35.7 Å². The molecule has 1 heterocycles. The summed E-state index contributed by atoms with van der Waals surface area (Å²) in [7, 11) is 0. The van der Waals surface area contributed by atoms with E-state index in [-0.39, 0.29) is 18.2 Å². The summed E-state index contributed by atoms with van der Waals surface area (Å²) in [6.07, 6.45) is 1.56. The molecule has 7 heteroatoms. The number of aliphatic hydroxyl groups is 1. The number of hydrogen-bond donors (Lipinski definition) is 4. The van der Waals surface area contributed by atoms with Crippen LogP contribution in [-0.2, 0) is 6.54 Å². The largest absolute Gasteiger partial charge is 0.508 e. The predicted molar refractivity (Wildman–Crippen MR) is 104 cm³/mol. The van der Waals surface area contributed by atoms with Crippen LogP contribution in [0.25, 0.3) is 0 Å². The molecule has 0 saturated carbocycles. The van der Waals surface area contributed by atoms with Crippen LogP contribution < -0.4 is 5.32 Å². The molecule has 0 aromatic heterocycles. The van der Waals surface area contributed by atoms with Gasteiger partial charge in [-0.2, -0.15) is 5.10 Å². The quantitative estimate of drug-likeness (QED) is 0.642. The molecule has 26 heavy (non-hydrogen) atoms. The highest BCUT2D eigenvalue weighted by molar-refractivity contribution is 6.63.